The second-order valence-electron chi connectivity index (χ2n) is 5.50. The van der Waals surface area contributed by atoms with E-state index in [1.165, 1.54) is 30.6 Å². The molecule has 4 aromatic rings. The van der Waals surface area contributed by atoms with Crippen molar-refractivity contribution in [2.45, 2.75) is 0 Å². The second-order valence-corrected chi connectivity index (χ2v) is 6.36. The van der Waals surface area contributed by atoms with Crippen molar-refractivity contribution in [3.8, 4) is 17.0 Å². The highest BCUT2D eigenvalue weighted by atomic mass is 32.1. The second kappa shape index (κ2) is 6.61. The van der Waals surface area contributed by atoms with Gasteiger partial charge in [-0.1, -0.05) is 18.2 Å². The SMILES string of the molecule is COc1cccc2cc(-c3csc(Nc4cccc(F)c4)n3)c(=O)oc12. The molecule has 4 rings (SSSR count). The van der Waals surface area contributed by atoms with Crippen LogP contribution in [0.15, 0.2) is 63.1 Å². The van der Waals surface area contributed by atoms with E-state index in [4.69, 9.17) is 9.15 Å². The number of hydrogen-bond acceptors (Lipinski definition) is 6. The van der Waals surface area contributed by atoms with Gasteiger partial charge in [0.05, 0.1) is 18.4 Å². The van der Waals surface area contributed by atoms with Crippen LogP contribution in [-0.2, 0) is 0 Å². The van der Waals surface area contributed by atoms with Crippen molar-refractivity contribution in [1.29, 1.82) is 0 Å². The van der Waals surface area contributed by atoms with E-state index in [1.807, 2.05) is 12.1 Å². The van der Waals surface area contributed by atoms with E-state index >= 15 is 0 Å². The van der Waals surface area contributed by atoms with E-state index < -0.39 is 5.63 Å². The van der Waals surface area contributed by atoms with E-state index in [0.29, 0.717) is 33.4 Å². The number of halogens is 1. The lowest BCUT2D eigenvalue weighted by atomic mass is 10.1. The van der Waals surface area contributed by atoms with Crippen molar-refractivity contribution < 1.29 is 13.5 Å². The van der Waals surface area contributed by atoms with Gasteiger partial charge in [0.15, 0.2) is 16.5 Å². The van der Waals surface area contributed by atoms with Crippen LogP contribution in [0.25, 0.3) is 22.2 Å². The van der Waals surface area contributed by atoms with Gasteiger partial charge in [-0.2, -0.15) is 0 Å². The Balaban J connectivity index is 1.71. The Morgan fingerprint density at radius 2 is 2.04 bits per heavy atom. The maximum Gasteiger partial charge on any atom is 0.345 e. The van der Waals surface area contributed by atoms with E-state index in [-0.39, 0.29) is 5.82 Å². The normalized spacial score (nSPS) is 10.8. The molecule has 0 aliphatic rings. The minimum atomic E-state index is -0.496. The monoisotopic (exact) mass is 368 g/mol. The van der Waals surface area contributed by atoms with Crippen molar-refractivity contribution in [3.05, 3.63) is 70.1 Å². The minimum absolute atomic E-state index is 0.337. The van der Waals surface area contributed by atoms with E-state index in [0.717, 1.165) is 5.39 Å². The fourth-order valence-electron chi connectivity index (χ4n) is 2.60. The molecule has 0 atom stereocenters. The lowest BCUT2D eigenvalue weighted by molar-refractivity contribution is 0.407. The fraction of sp³-hybridized carbons (Fsp3) is 0.0526. The molecule has 0 bridgehead atoms. The predicted octanol–water partition coefficient (Wildman–Crippen LogP) is 4.81. The highest BCUT2D eigenvalue weighted by Gasteiger charge is 2.14. The number of nitrogens with zero attached hydrogens (tertiary/aromatic N) is 1. The molecule has 2 heterocycles. The van der Waals surface area contributed by atoms with Crippen LogP contribution in [0.5, 0.6) is 5.75 Å². The molecule has 26 heavy (non-hydrogen) atoms. The highest BCUT2D eigenvalue weighted by molar-refractivity contribution is 7.14. The Kier molecular flexibility index (Phi) is 4.14. The third kappa shape index (κ3) is 3.04. The maximum absolute atomic E-state index is 13.3. The van der Waals surface area contributed by atoms with Gasteiger partial charge < -0.3 is 14.5 Å². The van der Waals surface area contributed by atoms with E-state index in [2.05, 4.69) is 10.3 Å². The van der Waals surface area contributed by atoms with Crippen molar-refractivity contribution in [3.63, 3.8) is 0 Å². The first-order valence-corrected chi connectivity index (χ1v) is 8.61. The van der Waals surface area contributed by atoms with Crippen molar-refractivity contribution in [1.82, 2.24) is 4.98 Å². The summed E-state index contributed by atoms with van der Waals surface area (Å²) >= 11 is 1.32. The maximum atomic E-state index is 13.3. The van der Waals surface area contributed by atoms with Gasteiger partial charge in [0.1, 0.15) is 5.82 Å². The molecule has 130 valence electrons. The van der Waals surface area contributed by atoms with E-state index in [9.17, 15) is 9.18 Å². The summed E-state index contributed by atoms with van der Waals surface area (Å²) in [6, 6.07) is 13.2. The number of para-hydroxylation sites is 1. The Morgan fingerprint density at radius 3 is 2.85 bits per heavy atom. The van der Waals surface area contributed by atoms with Crippen LogP contribution in [0, 0.1) is 5.82 Å². The number of rotatable bonds is 4. The molecule has 2 aromatic heterocycles. The van der Waals surface area contributed by atoms with Crippen molar-refractivity contribution in [2.24, 2.45) is 0 Å². The van der Waals surface area contributed by atoms with Crippen LogP contribution in [0.3, 0.4) is 0 Å². The topological polar surface area (TPSA) is 64.4 Å². The number of benzene rings is 2. The van der Waals surface area contributed by atoms with Gasteiger partial charge in [0.25, 0.3) is 0 Å². The van der Waals surface area contributed by atoms with Crippen LogP contribution < -0.4 is 15.7 Å². The van der Waals surface area contributed by atoms with Gasteiger partial charge in [-0.05, 0) is 30.3 Å². The standard InChI is InChI=1S/C19H13FN2O3S/c1-24-16-7-2-4-11-8-14(18(23)25-17(11)16)15-10-26-19(22-15)21-13-6-3-5-12(20)9-13/h2-10H,1H3,(H,21,22). The van der Waals surface area contributed by atoms with Crippen molar-refractivity contribution >= 4 is 33.1 Å². The third-order valence-corrected chi connectivity index (χ3v) is 4.56. The largest absolute Gasteiger partial charge is 0.493 e. The Morgan fingerprint density at radius 1 is 1.19 bits per heavy atom. The molecule has 0 aliphatic carbocycles. The summed E-state index contributed by atoms with van der Waals surface area (Å²) in [4.78, 5) is 16.8. The van der Waals surface area contributed by atoms with Crippen LogP contribution in [0.1, 0.15) is 0 Å². The molecule has 0 saturated heterocycles. The average Bonchev–Trinajstić information content (AvgIpc) is 3.09. The molecule has 0 fully saturated rings. The first-order chi connectivity index (χ1) is 12.6. The summed E-state index contributed by atoms with van der Waals surface area (Å²) in [5.41, 5.74) is 1.34. The number of ether oxygens (including phenoxy) is 1. The molecular weight excluding hydrogens is 355 g/mol. The molecule has 0 radical (unpaired) electrons. The van der Waals surface area contributed by atoms with E-state index in [1.54, 1.807) is 29.6 Å². The summed E-state index contributed by atoms with van der Waals surface area (Å²) in [5, 5.41) is 6.07. The highest BCUT2D eigenvalue weighted by Crippen LogP contribution is 2.30. The Bertz CT molecular complexity index is 1150. The molecule has 0 saturated carbocycles. The van der Waals surface area contributed by atoms with Crippen LogP contribution in [0.4, 0.5) is 15.2 Å². The predicted molar refractivity (Wildman–Crippen MR) is 99.8 cm³/mol. The number of fused-ring (bicyclic) bond motifs is 1. The molecule has 5 nitrogen and oxygen atoms in total. The molecule has 0 unspecified atom stereocenters. The zero-order valence-electron chi connectivity index (χ0n) is 13.7. The van der Waals surface area contributed by atoms with Crippen LogP contribution in [-0.4, -0.2) is 12.1 Å². The van der Waals surface area contributed by atoms with Gasteiger partial charge in [-0.3, -0.25) is 0 Å². The molecule has 0 spiro atoms. The number of thiazole rings is 1. The quantitative estimate of drug-likeness (QED) is 0.524. The van der Waals surface area contributed by atoms with Crippen LogP contribution in [0.2, 0.25) is 0 Å². The van der Waals surface area contributed by atoms with Gasteiger partial charge >= 0.3 is 5.63 Å². The molecule has 7 heteroatoms. The van der Waals surface area contributed by atoms with Gasteiger partial charge in [-0.25, -0.2) is 14.2 Å². The zero-order chi connectivity index (χ0) is 18.1. The Labute approximate surface area is 151 Å². The smallest absolute Gasteiger partial charge is 0.345 e. The summed E-state index contributed by atoms with van der Waals surface area (Å²) in [6.45, 7) is 0. The first kappa shape index (κ1) is 16.3. The fourth-order valence-corrected chi connectivity index (χ4v) is 3.33. The number of anilines is 2. The lowest BCUT2D eigenvalue weighted by Gasteiger charge is -2.04. The average molecular weight is 368 g/mol. The number of methoxy groups -OCH3 is 1. The van der Waals surface area contributed by atoms with Gasteiger partial charge in [0.2, 0.25) is 0 Å². The lowest BCUT2D eigenvalue weighted by Crippen LogP contribution is -2.03. The molecule has 0 aliphatic heterocycles. The number of aromatic nitrogens is 1. The number of hydrogen-bond donors (Lipinski definition) is 1. The first-order valence-electron chi connectivity index (χ1n) is 7.73. The number of nitrogens with one attached hydrogen (secondary N) is 1. The molecule has 0 amide bonds. The van der Waals surface area contributed by atoms with Gasteiger partial charge in [-0.15, -0.1) is 11.3 Å². The summed E-state index contributed by atoms with van der Waals surface area (Å²) < 4.78 is 23.9. The summed E-state index contributed by atoms with van der Waals surface area (Å²) in [6.07, 6.45) is 0. The van der Waals surface area contributed by atoms with Crippen molar-refractivity contribution in [2.75, 3.05) is 12.4 Å². The molecule has 1 N–H and O–H groups in total. The third-order valence-electron chi connectivity index (χ3n) is 3.80. The molecular formula is C19H13FN2O3S. The van der Waals surface area contributed by atoms with Gasteiger partial charge in [0, 0.05) is 16.5 Å². The van der Waals surface area contributed by atoms with Crippen LogP contribution >= 0.6 is 11.3 Å². The summed E-state index contributed by atoms with van der Waals surface area (Å²) in [7, 11) is 1.52. The minimum Gasteiger partial charge on any atom is -0.493 e. The molecule has 2 aromatic carbocycles. The Hall–Kier alpha value is -3.19. The zero-order valence-corrected chi connectivity index (χ0v) is 14.5. The summed E-state index contributed by atoms with van der Waals surface area (Å²) in [5.74, 6) is 0.161.